The number of anilines is 1. The average Bonchev–Trinajstić information content (AvgIpc) is 3.80. The van der Waals surface area contributed by atoms with E-state index in [1.54, 1.807) is 27.7 Å². The fraction of sp³-hybridized carbons (Fsp3) is 0.484. The van der Waals surface area contributed by atoms with Gasteiger partial charge >= 0.3 is 4.87 Å². The third kappa shape index (κ3) is 3.82. The van der Waals surface area contributed by atoms with Crippen molar-refractivity contribution in [2.75, 3.05) is 18.0 Å². The van der Waals surface area contributed by atoms with E-state index in [0.717, 1.165) is 54.2 Å². The molecule has 3 aliphatic heterocycles. The van der Waals surface area contributed by atoms with Gasteiger partial charge < -0.3 is 4.90 Å². The first-order chi connectivity index (χ1) is 19.9. The number of hydrogen-bond acceptors (Lipinski definition) is 7. The lowest BCUT2D eigenvalue weighted by Gasteiger charge is -2.43. The number of likely N-dealkylation sites (tertiary alicyclic amines) is 1. The molecule has 5 heterocycles. The van der Waals surface area contributed by atoms with Gasteiger partial charge in [-0.05, 0) is 73.9 Å². The van der Waals surface area contributed by atoms with Crippen molar-refractivity contribution in [2.24, 2.45) is 29.6 Å². The highest BCUT2D eigenvalue weighted by molar-refractivity contribution is 8.00. The van der Waals surface area contributed by atoms with E-state index in [4.69, 9.17) is 0 Å². The monoisotopic (exact) mass is 605 g/mol. The molecule has 2 aliphatic carbocycles. The van der Waals surface area contributed by atoms with E-state index in [1.165, 1.54) is 21.1 Å². The maximum atomic E-state index is 13.9. The van der Waals surface area contributed by atoms with Crippen LogP contribution in [0.2, 0.25) is 0 Å². The minimum absolute atomic E-state index is 0.00701. The Kier molecular flexibility index (Phi) is 6.13. The van der Waals surface area contributed by atoms with Crippen molar-refractivity contribution in [1.29, 1.82) is 0 Å². The molecule has 3 amide bonds. The number of amides is 3. The fourth-order valence-corrected chi connectivity index (χ4v) is 12.5. The Morgan fingerprint density at radius 3 is 2.39 bits per heavy atom. The quantitative estimate of drug-likeness (QED) is 0.393. The maximum Gasteiger partial charge on any atom is 0.308 e. The first-order valence-electron chi connectivity index (χ1n) is 14.6. The third-order valence-corrected chi connectivity index (χ3v) is 13.8. The van der Waals surface area contributed by atoms with Gasteiger partial charge in [-0.15, -0.1) is 23.1 Å². The lowest BCUT2D eigenvalue weighted by atomic mass is 9.69. The lowest BCUT2D eigenvalue weighted by molar-refractivity contribution is -0.133. The molecule has 7 atom stereocenters. The number of hydrogen-bond donors (Lipinski definition) is 0. The van der Waals surface area contributed by atoms with Crippen LogP contribution in [0.15, 0.2) is 51.6 Å². The number of imide groups is 1. The number of thiazole rings is 1. The van der Waals surface area contributed by atoms with Crippen molar-refractivity contribution >= 4 is 57.8 Å². The molecular weight excluding hydrogens is 575 g/mol. The van der Waals surface area contributed by atoms with E-state index >= 15 is 0 Å². The van der Waals surface area contributed by atoms with Crippen molar-refractivity contribution < 1.29 is 14.4 Å². The second-order valence-corrected chi connectivity index (χ2v) is 15.3. The highest BCUT2D eigenvalue weighted by Gasteiger charge is 2.70. The maximum absolute atomic E-state index is 13.9. The number of piperidine rings is 1. The summed E-state index contributed by atoms with van der Waals surface area (Å²) in [4.78, 5) is 60.0. The molecule has 0 N–H and O–H groups in total. The molecule has 2 saturated heterocycles. The van der Waals surface area contributed by atoms with Gasteiger partial charge in [-0.25, -0.2) is 0 Å². The largest absolute Gasteiger partial charge is 0.341 e. The molecular formula is C31H31N3O4S3. The number of nitrogens with zero attached hydrogens (tertiary/aromatic N) is 3. The van der Waals surface area contributed by atoms with Crippen LogP contribution in [-0.2, 0) is 20.9 Å². The first-order valence-corrected chi connectivity index (χ1v) is 17.2. The van der Waals surface area contributed by atoms with Crippen molar-refractivity contribution in [3.63, 3.8) is 0 Å². The average molecular weight is 606 g/mol. The van der Waals surface area contributed by atoms with Crippen LogP contribution in [-0.4, -0.2) is 45.5 Å². The van der Waals surface area contributed by atoms with E-state index in [9.17, 15) is 19.2 Å². The second-order valence-electron chi connectivity index (χ2n) is 12.2. The lowest BCUT2D eigenvalue weighted by Crippen LogP contribution is -2.43. The summed E-state index contributed by atoms with van der Waals surface area (Å²) >= 11 is 4.67. The molecule has 7 nitrogen and oxygen atoms in total. The van der Waals surface area contributed by atoms with Gasteiger partial charge in [-0.3, -0.25) is 28.6 Å². The number of aromatic nitrogens is 1. The number of rotatable bonds is 4. The van der Waals surface area contributed by atoms with E-state index in [1.807, 2.05) is 36.1 Å². The SMILES string of the molecule is Cc1ccc(N2C(=O)C3C4CC(C3C2=O)C2C(c3cccs3)c3sc(=O)n(CC(=O)N5CCCCC5)c3SC42)cc1. The van der Waals surface area contributed by atoms with E-state index in [0.29, 0.717) is 5.69 Å². The van der Waals surface area contributed by atoms with Crippen LogP contribution in [0.25, 0.3) is 0 Å². The minimum Gasteiger partial charge on any atom is -0.341 e. The summed E-state index contributed by atoms with van der Waals surface area (Å²) in [5.41, 5.74) is 1.75. The van der Waals surface area contributed by atoms with Crippen molar-refractivity contribution in [2.45, 2.75) is 55.3 Å². The number of fused-ring (bicyclic) bond motifs is 9. The predicted octanol–water partition coefficient (Wildman–Crippen LogP) is 4.97. The Bertz CT molecular complexity index is 1600. The zero-order chi connectivity index (χ0) is 28.0. The van der Waals surface area contributed by atoms with E-state index in [2.05, 4.69) is 17.5 Å². The molecule has 10 heteroatoms. The molecule has 41 heavy (non-hydrogen) atoms. The van der Waals surface area contributed by atoms with Gasteiger partial charge in [0.2, 0.25) is 17.7 Å². The van der Waals surface area contributed by atoms with Crippen molar-refractivity contribution in [3.05, 3.63) is 66.8 Å². The van der Waals surface area contributed by atoms with Gasteiger partial charge in [0, 0.05) is 34.0 Å². The van der Waals surface area contributed by atoms with Gasteiger partial charge in [0.1, 0.15) is 6.54 Å². The standard InChI is InChI=1S/C31H31N3O4S3/c1-16-7-9-17(10-8-16)34-28(36)23-18-14-19(24(23)29(34)37)26-22(18)25(20-6-5-13-39-20)27-30(40-26)33(31(38)41-27)15-21(35)32-11-3-2-4-12-32/h5-10,13,18-19,22-26H,2-4,11-12,14-15H2,1H3. The highest BCUT2D eigenvalue weighted by Crippen LogP contribution is 2.69. The third-order valence-electron chi connectivity index (χ3n) is 10.1. The summed E-state index contributed by atoms with van der Waals surface area (Å²) in [6.07, 6.45) is 4.04. The number of aryl methyl sites for hydroxylation is 1. The summed E-state index contributed by atoms with van der Waals surface area (Å²) in [5, 5.41) is 3.10. The fourth-order valence-electron chi connectivity index (χ4n) is 8.37. The molecule has 2 saturated carbocycles. The Morgan fingerprint density at radius 2 is 1.68 bits per heavy atom. The van der Waals surface area contributed by atoms with Gasteiger partial charge in [-0.2, -0.15) is 0 Å². The Balaban J connectivity index is 1.17. The summed E-state index contributed by atoms with van der Waals surface area (Å²) in [7, 11) is 0. The number of thiophene rings is 1. The summed E-state index contributed by atoms with van der Waals surface area (Å²) < 4.78 is 1.71. The van der Waals surface area contributed by atoms with Gasteiger partial charge in [0.15, 0.2) is 0 Å². The van der Waals surface area contributed by atoms with Crippen molar-refractivity contribution in [1.82, 2.24) is 9.47 Å². The summed E-state index contributed by atoms with van der Waals surface area (Å²) in [5.74, 6) is -0.393. The zero-order valence-corrected chi connectivity index (χ0v) is 25.2. The summed E-state index contributed by atoms with van der Waals surface area (Å²) in [6.45, 7) is 3.59. The van der Waals surface area contributed by atoms with Crippen molar-refractivity contribution in [3.8, 4) is 0 Å². The van der Waals surface area contributed by atoms with Crippen LogP contribution in [0.3, 0.4) is 0 Å². The first kappa shape index (κ1) is 26.0. The van der Waals surface area contributed by atoms with Crippen LogP contribution in [0, 0.1) is 36.5 Å². The molecule has 2 aromatic heterocycles. The number of benzene rings is 1. The van der Waals surface area contributed by atoms with E-state index < -0.39 is 0 Å². The summed E-state index contributed by atoms with van der Waals surface area (Å²) in [6, 6.07) is 11.8. The molecule has 1 aromatic carbocycles. The van der Waals surface area contributed by atoms with Gasteiger partial charge in [0.25, 0.3) is 0 Å². The normalized spacial score (nSPS) is 31.9. The smallest absolute Gasteiger partial charge is 0.308 e. The van der Waals surface area contributed by atoms with Gasteiger partial charge in [0.05, 0.1) is 22.5 Å². The Labute approximate surface area is 250 Å². The molecule has 7 unspecified atom stereocenters. The topological polar surface area (TPSA) is 79.7 Å². The Hall–Kier alpha value is -2.69. The van der Waals surface area contributed by atoms with Crippen LogP contribution < -0.4 is 9.77 Å². The molecule has 2 bridgehead atoms. The highest BCUT2D eigenvalue weighted by atomic mass is 32.2. The van der Waals surface area contributed by atoms with Crippen LogP contribution in [0.5, 0.6) is 0 Å². The molecule has 8 rings (SSSR count). The Morgan fingerprint density at radius 1 is 0.951 bits per heavy atom. The van der Waals surface area contributed by atoms with Gasteiger partial charge in [-0.1, -0.05) is 35.1 Å². The minimum atomic E-state index is -0.318. The molecule has 5 aliphatic rings. The zero-order valence-electron chi connectivity index (χ0n) is 22.7. The second kappa shape index (κ2) is 9.67. The molecule has 0 spiro atoms. The van der Waals surface area contributed by atoms with E-state index in [-0.39, 0.29) is 69.9 Å². The molecule has 212 valence electrons. The number of carbonyl (C=O) groups is 3. The molecule has 0 radical (unpaired) electrons. The molecule has 3 aromatic rings. The number of thioether (sulfide) groups is 1. The van der Waals surface area contributed by atoms with Crippen LogP contribution in [0.4, 0.5) is 5.69 Å². The van der Waals surface area contributed by atoms with Crippen LogP contribution >= 0.6 is 34.4 Å². The molecule has 4 fully saturated rings. The van der Waals surface area contributed by atoms with Crippen LogP contribution in [0.1, 0.15) is 46.9 Å². The predicted molar refractivity (Wildman–Crippen MR) is 161 cm³/mol. The number of carbonyl (C=O) groups excluding carboxylic acids is 3.